The van der Waals surface area contributed by atoms with Gasteiger partial charge in [0.1, 0.15) is 0 Å². The van der Waals surface area contributed by atoms with Gasteiger partial charge in [0, 0.05) is 18.3 Å². The average Bonchev–Trinajstić information content (AvgIpc) is 2.93. The number of nitrogens with two attached hydrogens (primary N) is 1. The molecular formula is C12H17N5. The highest BCUT2D eigenvalue weighted by Crippen LogP contribution is 2.28. The minimum atomic E-state index is 0.362. The van der Waals surface area contributed by atoms with Crippen molar-refractivity contribution in [3.05, 3.63) is 29.7 Å². The molecule has 1 aliphatic rings. The molecule has 90 valence electrons. The third-order valence-electron chi connectivity index (χ3n) is 3.50. The Kier molecular flexibility index (Phi) is 2.57. The molecule has 5 heteroatoms. The quantitative estimate of drug-likeness (QED) is 0.836. The molecule has 2 aromatic heterocycles. The zero-order chi connectivity index (χ0) is 11.8. The Morgan fingerprint density at radius 2 is 2.41 bits per heavy atom. The van der Waals surface area contributed by atoms with Gasteiger partial charge in [-0.15, -0.1) is 5.10 Å². The first-order valence-electron chi connectivity index (χ1n) is 6.04. The molecule has 17 heavy (non-hydrogen) atoms. The topological polar surface area (TPSA) is 59.5 Å². The van der Waals surface area contributed by atoms with E-state index >= 15 is 0 Å². The lowest BCUT2D eigenvalue weighted by atomic mass is 10.2. The maximum Gasteiger partial charge on any atom is 0.168 e. The third kappa shape index (κ3) is 1.71. The average molecular weight is 231 g/mol. The van der Waals surface area contributed by atoms with Gasteiger partial charge in [-0.3, -0.25) is 4.90 Å². The summed E-state index contributed by atoms with van der Waals surface area (Å²) in [7, 11) is 2.13. The normalized spacial score (nSPS) is 21.4. The number of hydrogen-bond donors (Lipinski definition) is 1. The fourth-order valence-electron chi connectivity index (χ4n) is 2.51. The van der Waals surface area contributed by atoms with Crippen LogP contribution in [-0.2, 0) is 6.54 Å². The summed E-state index contributed by atoms with van der Waals surface area (Å²) in [5, 5.41) is 4.56. The van der Waals surface area contributed by atoms with Crippen LogP contribution in [0.5, 0.6) is 0 Å². The van der Waals surface area contributed by atoms with E-state index in [0.29, 0.717) is 12.6 Å². The Labute approximate surface area is 100 Å². The lowest BCUT2D eigenvalue weighted by Crippen LogP contribution is -2.18. The molecule has 0 saturated carbocycles. The zero-order valence-corrected chi connectivity index (χ0v) is 10.0. The zero-order valence-electron chi connectivity index (χ0n) is 10.0. The van der Waals surface area contributed by atoms with Crippen molar-refractivity contribution >= 4 is 5.65 Å². The molecule has 0 aliphatic carbocycles. The summed E-state index contributed by atoms with van der Waals surface area (Å²) in [6, 6.07) is 4.33. The fraction of sp³-hybridized carbons (Fsp3) is 0.500. The highest BCUT2D eigenvalue weighted by atomic mass is 15.3. The van der Waals surface area contributed by atoms with E-state index in [1.165, 1.54) is 6.42 Å². The van der Waals surface area contributed by atoms with Crippen molar-refractivity contribution in [3.63, 3.8) is 0 Å². The summed E-state index contributed by atoms with van der Waals surface area (Å²) in [4.78, 5) is 6.96. The van der Waals surface area contributed by atoms with E-state index in [0.717, 1.165) is 30.0 Å². The minimum Gasteiger partial charge on any atom is -0.326 e. The number of fused-ring (bicyclic) bond motifs is 1. The van der Waals surface area contributed by atoms with E-state index in [-0.39, 0.29) is 0 Å². The number of aromatic nitrogens is 3. The molecule has 1 saturated heterocycles. The van der Waals surface area contributed by atoms with Gasteiger partial charge in [-0.05, 0) is 32.5 Å². The van der Waals surface area contributed by atoms with E-state index in [9.17, 15) is 0 Å². The van der Waals surface area contributed by atoms with Gasteiger partial charge in [-0.25, -0.2) is 9.50 Å². The maximum atomic E-state index is 5.71. The monoisotopic (exact) mass is 231 g/mol. The van der Waals surface area contributed by atoms with Gasteiger partial charge in [0.2, 0.25) is 0 Å². The molecule has 0 radical (unpaired) electrons. The van der Waals surface area contributed by atoms with Crippen molar-refractivity contribution in [1.82, 2.24) is 19.5 Å². The second kappa shape index (κ2) is 4.09. The van der Waals surface area contributed by atoms with Gasteiger partial charge >= 0.3 is 0 Å². The molecule has 3 heterocycles. The number of hydrogen-bond acceptors (Lipinski definition) is 4. The van der Waals surface area contributed by atoms with Crippen molar-refractivity contribution in [2.75, 3.05) is 13.6 Å². The van der Waals surface area contributed by atoms with Gasteiger partial charge in [-0.2, -0.15) is 0 Å². The van der Waals surface area contributed by atoms with Crippen molar-refractivity contribution < 1.29 is 0 Å². The fourth-order valence-corrected chi connectivity index (χ4v) is 2.51. The summed E-state index contributed by atoms with van der Waals surface area (Å²) in [6.07, 6.45) is 4.30. The van der Waals surface area contributed by atoms with Crippen LogP contribution in [0.4, 0.5) is 0 Å². The first kappa shape index (κ1) is 10.7. The van der Waals surface area contributed by atoms with Crippen molar-refractivity contribution in [2.45, 2.75) is 25.4 Å². The van der Waals surface area contributed by atoms with Gasteiger partial charge in [0.25, 0.3) is 0 Å². The van der Waals surface area contributed by atoms with Crippen LogP contribution in [0, 0.1) is 0 Å². The summed E-state index contributed by atoms with van der Waals surface area (Å²) in [5.41, 5.74) is 7.66. The first-order chi connectivity index (χ1) is 8.29. The Morgan fingerprint density at radius 3 is 3.12 bits per heavy atom. The Morgan fingerprint density at radius 1 is 1.53 bits per heavy atom. The molecule has 1 fully saturated rings. The van der Waals surface area contributed by atoms with Crippen LogP contribution in [0.1, 0.15) is 30.3 Å². The molecule has 1 unspecified atom stereocenters. The molecule has 5 nitrogen and oxygen atoms in total. The molecular weight excluding hydrogens is 214 g/mol. The second-order valence-electron chi connectivity index (χ2n) is 4.61. The molecule has 0 spiro atoms. The van der Waals surface area contributed by atoms with E-state index in [1.54, 1.807) is 0 Å². The Balaban J connectivity index is 2.07. The highest BCUT2D eigenvalue weighted by molar-refractivity contribution is 5.46. The van der Waals surface area contributed by atoms with Crippen LogP contribution in [0.25, 0.3) is 5.65 Å². The molecule has 2 N–H and O–H groups in total. The highest BCUT2D eigenvalue weighted by Gasteiger charge is 2.26. The van der Waals surface area contributed by atoms with Crippen molar-refractivity contribution in [1.29, 1.82) is 0 Å². The predicted molar refractivity (Wildman–Crippen MR) is 65.5 cm³/mol. The minimum absolute atomic E-state index is 0.362. The van der Waals surface area contributed by atoms with E-state index in [4.69, 9.17) is 5.73 Å². The smallest absolute Gasteiger partial charge is 0.168 e. The molecule has 2 aromatic rings. The summed E-state index contributed by atoms with van der Waals surface area (Å²) < 4.78 is 1.84. The number of rotatable bonds is 2. The molecule has 0 bridgehead atoms. The van der Waals surface area contributed by atoms with E-state index in [2.05, 4.69) is 22.0 Å². The van der Waals surface area contributed by atoms with E-state index in [1.807, 2.05) is 22.8 Å². The maximum absolute atomic E-state index is 5.71. The van der Waals surface area contributed by atoms with Crippen LogP contribution in [-0.4, -0.2) is 33.1 Å². The third-order valence-corrected chi connectivity index (χ3v) is 3.50. The number of pyridine rings is 1. The number of nitrogens with zero attached hydrogens (tertiary/aromatic N) is 4. The van der Waals surface area contributed by atoms with Crippen LogP contribution in [0.15, 0.2) is 18.3 Å². The van der Waals surface area contributed by atoms with Gasteiger partial charge in [0.15, 0.2) is 11.5 Å². The van der Waals surface area contributed by atoms with Crippen LogP contribution in [0.2, 0.25) is 0 Å². The summed E-state index contributed by atoms with van der Waals surface area (Å²) >= 11 is 0. The van der Waals surface area contributed by atoms with Crippen molar-refractivity contribution in [3.8, 4) is 0 Å². The van der Waals surface area contributed by atoms with Crippen LogP contribution < -0.4 is 5.73 Å². The molecule has 3 rings (SSSR count). The SMILES string of the molecule is CN1CCCC1c1nc2c(CN)cccn2n1. The van der Waals surface area contributed by atoms with E-state index < -0.39 is 0 Å². The standard InChI is InChI=1S/C12H17N5/c1-16-6-3-5-10(16)11-14-12-9(8-13)4-2-7-17(12)15-11/h2,4,7,10H,3,5-6,8,13H2,1H3. The molecule has 1 aliphatic heterocycles. The Bertz CT molecular complexity index is 533. The van der Waals surface area contributed by atoms with Crippen LogP contribution in [0.3, 0.4) is 0 Å². The second-order valence-corrected chi connectivity index (χ2v) is 4.61. The summed E-state index contributed by atoms with van der Waals surface area (Å²) in [5.74, 6) is 0.922. The molecule has 0 amide bonds. The molecule has 0 aromatic carbocycles. The van der Waals surface area contributed by atoms with Gasteiger partial charge < -0.3 is 5.73 Å². The van der Waals surface area contributed by atoms with Crippen LogP contribution >= 0.6 is 0 Å². The first-order valence-corrected chi connectivity index (χ1v) is 6.04. The van der Waals surface area contributed by atoms with Gasteiger partial charge in [0.05, 0.1) is 6.04 Å². The predicted octanol–water partition coefficient (Wildman–Crippen LogP) is 0.955. The van der Waals surface area contributed by atoms with Crippen molar-refractivity contribution in [2.24, 2.45) is 5.73 Å². The lowest BCUT2D eigenvalue weighted by molar-refractivity contribution is 0.306. The molecule has 1 atom stereocenters. The van der Waals surface area contributed by atoms with Gasteiger partial charge in [-0.1, -0.05) is 6.07 Å². The largest absolute Gasteiger partial charge is 0.326 e. The lowest BCUT2D eigenvalue weighted by Gasteiger charge is -2.15. The number of likely N-dealkylation sites (tertiary alicyclic amines) is 1. The Hall–Kier alpha value is -1.46. The summed E-state index contributed by atoms with van der Waals surface area (Å²) in [6.45, 7) is 1.63.